The van der Waals surface area contributed by atoms with E-state index < -0.39 is 0 Å². The third-order valence-electron chi connectivity index (χ3n) is 3.14. The molecule has 1 N–H and O–H groups in total. The van der Waals surface area contributed by atoms with E-state index in [0.717, 1.165) is 38.5 Å². The monoisotopic (exact) mass is 209 g/mol. The van der Waals surface area contributed by atoms with Gasteiger partial charge >= 0.3 is 0 Å². The maximum Gasteiger partial charge on any atom is 0.0949 e. The molecule has 1 aliphatic heterocycles. The summed E-state index contributed by atoms with van der Waals surface area (Å²) in [5.74, 6) is 0.737. The Morgan fingerprint density at radius 2 is 2.40 bits per heavy atom. The molecule has 0 aromatic rings. The Bertz CT molecular complexity index is 203. The normalized spacial score (nSPS) is 23.7. The van der Waals surface area contributed by atoms with E-state index in [2.05, 4.69) is 23.2 Å². The van der Waals surface area contributed by atoms with Gasteiger partial charge in [-0.25, -0.2) is 0 Å². The zero-order valence-electron chi connectivity index (χ0n) is 10.00. The van der Waals surface area contributed by atoms with Crippen molar-refractivity contribution in [1.29, 1.82) is 5.26 Å². The second-order valence-electron chi connectivity index (χ2n) is 4.51. The van der Waals surface area contributed by atoms with Gasteiger partial charge in [0.25, 0.3) is 0 Å². The summed E-state index contributed by atoms with van der Waals surface area (Å²) in [5, 5.41) is 12.4. The number of hydrogen-bond acceptors (Lipinski definition) is 3. The third kappa shape index (κ3) is 4.19. The molecule has 15 heavy (non-hydrogen) atoms. The molecule has 1 aliphatic rings. The van der Waals surface area contributed by atoms with Crippen LogP contribution in [0.5, 0.6) is 0 Å². The first-order valence-electron chi connectivity index (χ1n) is 6.12. The van der Waals surface area contributed by atoms with E-state index in [1.807, 2.05) is 6.92 Å². The fraction of sp³-hybridized carbons (Fsp3) is 0.917. The van der Waals surface area contributed by atoms with Gasteiger partial charge in [0, 0.05) is 6.54 Å². The average Bonchev–Trinajstić information content (AvgIpc) is 2.29. The zero-order chi connectivity index (χ0) is 11.1. The van der Waals surface area contributed by atoms with Crippen LogP contribution >= 0.6 is 0 Å². The lowest BCUT2D eigenvalue weighted by molar-refractivity contribution is 0.188. The van der Waals surface area contributed by atoms with Crippen LogP contribution in [0.15, 0.2) is 0 Å². The summed E-state index contributed by atoms with van der Waals surface area (Å²) in [7, 11) is 0. The first-order valence-corrected chi connectivity index (χ1v) is 6.12. The highest BCUT2D eigenvalue weighted by molar-refractivity contribution is 4.89. The highest BCUT2D eigenvalue weighted by Gasteiger charge is 2.19. The summed E-state index contributed by atoms with van der Waals surface area (Å²) >= 11 is 0. The number of hydrogen-bond donors (Lipinski definition) is 1. The first kappa shape index (κ1) is 12.5. The maximum atomic E-state index is 8.95. The zero-order valence-corrected chi connectivity index (χ0v) is 10.00. The molecule has 0 radical (unpaired) electrons. The van der Waals surface area contributed by atoms with Gasteiger partial charge in [0.05, 0.1) is 12.1 Å². The topological polar surface area (TPSA) is 39.1 Å². The average molecular weight is 209 g/mol. The second-order valence-corrected chi connectivity index (χ2v) is 4.51. The summed E-state index contributed by atoms with van der Waals surface area (Å²) in [6, 6.07) is 2.41. The van der Waals surface area contributed by atoms with Gasteiger partial charge in [0.2, 0.25) is 0 Å². The van der Waals surface area contributed by atoms with E-state index in [9.17, 15) is 0 Å². The molecule has 1 heterocycles. The fourth-order valence-electron chi connectivity index (χ4n) is 2.22. The minimum absolute atomic E-state index is 0.0619. The summed E-state index contributed by atoms with van der Waals surface area (Å²) in [5.41, 5.74) is 0. The van der Waals surface area contributed by atoms with Crippen LogP contribution < -0.4 is 5.32 Å². The molecule has 3 heteroatoms. The van der Waals surface area contributed by atoms with E-state index in [-0.39, 0.29) is 6.04 Å². The Morgan fingerprint density at radius 3 is 2.93 bits per heavy atom. The van der Waals surface area contributed by atoms with E-state index in [1.165, 1.54) is 12.8 Å². The van der Waals surface area contributed by atoms with E-state index >= 15 is 0 Å². The number of rotatable bonds is 5. The number of nitrogens with zero attached hydrogens (tertiary/aromatic N) is 2. The van der Waals surface area contributed by atoms with Crippen LogP contribution in [0, 0.1) is 17.2 Å². The van der Waals surface area contributed by atoms with Gasteiger partial charge < -0.3 is 5.32 Å². The second kappa shape index (κ2) is 6.81. The minimum atomic E-state index is 0.0619. The molecule has 0 spiro atoms. The molecule has 1 fully saturated rings. The highest BCUT2D eigenvalue weighted by Crippen LogP contribution is 2.13. The van der Waals surface area contributed by atoms with E-state index in [1.54, 1.807) is 0 Å². The van der Waals surface area contributed by atoms with Crippen molar-refractivity contribution in [1.82, 2.24) is 10.2 Å². The van der Waals surface area contributed by atoms with Crippen molar-refractivity contribution in [3.63, 3.8) is 0 Å². The molecule has 0 aromatic carbocycles. The third-order valence-corrected chi connectivity index (χ3v) is 3.14. The summed E-state index contributed by atoms with van der Waals surface area (Å²) in [4.78, 5) is 2.32. The first-order chi connectivity index (χ1) is 7.27. The summed E-state index contributed by atoms with van der Waals surface area (Å²) in [6.07, 6.45) is 3.73. The molecular weight excluding hydrogens is 186 g/mol. The van der Waals surface area contributed by atoms with Crippen molar-refractivity contribution >= 4 is 0 Å². The van der Waals surface area contributed by atoms with Crippen molar-refractivity contribution < 1.29 is 0 Å². The molecule has 0 bridgehead atoms. The van der Waals surface area contributed by atoms with Crippen molar-refractivity contribution in [3.8, 4) is 6.07 Å². The summed E-state index contributed by atoms with van der Waals surface area (Å²) in [6.45, 7) is 8.60. The Morgan fingerprint density at radius 1 is 1.60 bits per heavy atom. The molecule has 3 nitrogen and oxygen atoms in total. The highest BCUT2D eigenvalue weighted by atomic mass is 15.2. The molecule has 2 unspecified atom stereocenters. The number of nitriles is 1. The van der Waals surface area contributed by atoms with Crippen LogP contribution in [0.4, 0.5) is 0 Å². The molecule has 0 aromatic heterocycles. The van der Waals surface area contributed by atoms with Crippen molar-refractivity contribution in [3.05, 3.63) is 0 Å². The Kier molecular flexibility index (Phi) is 5.67. The molecule has 86 valence electrons. The van der Waals surface area contributed by atoms with Crippen LogP contribution in [0.3, 0.4) is 0 Å². The van der Waals surface area contributed by atoms with Gasteiger partial charge in [-0.15, -0.1) is 0 Å². The molecular formula is C12H23N3. The Hall–Kier alpha value is -0.590. The predicted octanol–water partition coefficient (Wildman–Crippen LogP) is 1.61. The van der Waals surface area contributed by atoms with Crippen molar-refractivity contribution in [2.45, 2.75) is 39.2 Å². The molecule has 2 atom stereocenters. The molecule has 1 rings (SSSR count). The molecule has 0 amide bonds. The lowest BCUT2D eigenvalue weighted by Crippen LogP contribution is -2.41. The lowest BCUT2D eigenvalue weighted by Gasteiger charge is -2.31. The summed E-state index contributed by atoms with van der Waals surface area (Å²) < 4.78 is 0. The van der Waals surface area contributed by atoms with E-state index in [0.29, 0.717) is 0 Å². The van der Waals surface area contributed by atoms with Crippen LogP contribution in [0.1, 0.15) is 33.1 Å². The van der Waals surface area contributed by atoms with Crippen LogP contribution in [0.25, 0.3) is 0 Å². The van der Waals surface area contributed by atoms with Gasteiger partial charge in [-0.1, -0.05) is 6.92 Å². The SMILES string of the molecule is CCCN(CC1CCCNC1)C(C)C#N. The quantitative estimate of drug-likeness (QED) is 0.747. The van der Waals surface area contributed by atoms with Gasteiger partial charge in [-0.2, -0.15) is 5.26 Å². The van der Waals surface area contributed by atoms with Gasteiger partial charge in [0.15, 0.2) is 0 Å². The van der Waals surface area contributed by atoms with Crippen molar-refractivity contribution in [2.75, 3.05) is 26.2 Å². The standard InChI is InChI=1S/C12H23N3/c1-3-7-15(11(2)8-13)10-12-5-4-6-14-9-12/h11-12,14H,3-7,9-10H2,1-2H3. The number of nitrogens with one attached hydrogen (secondary N) is 1. The fourth-order valence-corrected chi connectivity index (χ4v) is 2.22. The Balaban J connectivity index is 2.38. The Labute approximate surface area is 93.5 Å². The van der Waals surface area contributed by atoms with Crippen LogP contribution in [-0.4, -0.2) is 37.1 Å². The molecule has 0 aliphatic carbocycles. The maximum absolute atomic E-state index is 8.95. The molecule has 1 saturated heterocycles. The lowest BCUT2D eigenvalue weighted by atomic mass is 9.98. The van der Waals surface area contributed by atoms with Crippen LogP contribution in [0.2, 0.25) is 0 Å². The van der Waals surface area contributed by atoms with Gasteiger partial charge in [-0.3, -0.25) is 4.90 Å². The number of piperidine rings is 1. The van der Waals surface area contributed by atoms with Crippen molar-refractivity contribution in [2.24, 2.45) is 5.92 Å². The molecule has 0 saturated carbocycles. The predicted molar refractivity (Wildman–Crippen MR) is 62.5 cm³/mol. The minimum Gasteiger partial charge on any atom is -0.316 e. The van der Waals surface area contributed by atoms with Gasteiger partial charge in [0.1, 0.15) is 0 Å². The largest absolute Gasteiger partial charge is 0.316 e. The van der Waals surface area contributed by atoms with Crippen LogP contribution in [-0.2, 0) is 0 Å². The van der Waals surface area contributed by atoms with E-state index in [4.69, 9.17) is 5.26 Å². The van der Waals surface area contributed by atoms with Gasteiger partial charge in [-0.05, 0) is 51.7 Å². The smallest absolute Gasteiger partial charge is 0.0949 e.